The number of carbonyl (C=O) groups is 1. The molecule has 0 aliphatic rings. The Morgan fingerprint density at radius 2 is 2.00 bits per heavy atom. The van der Waals surface area contributed by atoms with Crippen LogP contribution in [0.25, 0.3) is 0 Å². The summed E-state index contributed by atoms with van der Waals surface area (Å²) in [5.74, 6) is 0.205. The van der Waals surface area contributed by atoms with Crippen molar-refractivity contribution in [3.05, 3.63) is 24.8 Å². The Bertz CT molecular complexity index is 218. The molecule has 0 N–H and O–H groups in total. The second kappa shape index (κ2) is 6.41. The first kappa shape index (κ1) is 12.9. The highest BCUT2D eigenvalue weighted by Gasteiger charge is 2.13. The second-order valence-electron chi connectivity index (χ2n) is 3.73. The lowest BCUT2D eigenvalue weighted by molar-refractivity contribution is -0.144. The Morgan fingerprint density at radius 3 is 2.36 bits per heavy atom. The van der Waals surface area contributed by atoms with Crippen LogP contribution in [0.1, 0.15) is 33.6 Å². The van der Waals surface area contributed by atoms with E-state index in [0.29, 0.717) is 5.92 Å². The second-order valence-corrected chi connectivity index (χ2v) is 3.73. The van der Waals surface area contributed by atoms with E-state index in [1.165, 1.54) is 6.92 Å². The van der Waals surface area contributed by atoms with Crippen molar-refractivity contribution >= 4 is 5.97 Å². The van der Waals surface area contributed by atoms with Gasteiger partial charge in [0.15, 0.2) is 0 Å². The largest absolute Gasteiger partial charge is 0.458 e. The summed E-state index contributed by atoms with van der Waals surface area (Å²) in [5.41, 5.74) is 0.900. The molecule has 0 aromatic rings. The normalized spacial score (nSPS) is 14.2. The average molecular weight is 196 g/mol. The van der Waals surface area contributed by atoms with E-state index < -0.39 is 0 Å². The molecule has 0 rings (SSSR count). The van der Waals surface area contributed by atoms with Gasteiger partial charge in [0.1, 0.15) is 6.10 Å². The van der Waals surface area contributed by atoms with E-state index in [-0.39, 0.29) is 12.1 Å². The predicted molar refractivity (Wildman–Crippen MR) is 59.0 cm³/mol. The first-order valence-electron chi connectivity index (χ1n) is 4.92. The fourth-order valence-electron chi connectivity index (χ4n) is 1.14. The van der Waals surface area contributed by atoms with Gasteiger partial charge in [0.05, 0.1) is 0 Å². The molecule has 0 aliphatic carbocycles. The van der Waals surface area contributed by atoms with Crippen molar-refractivity contribution < 1.29 is 9.53 Å². The third kappa shape index (κ3) is 5.57. The van der Waals surface area contributed by atoms with Crippen molar-refractivity contribution in [2.75, 3.05) is 0 Å². The first-order chi connectivity index (χ1) is 6.47. The van der Waals surface area contributed by atoms with E-state index in [0.717, 1.165) is 18.4 Å². The lowest BCUT2D eigenvalue weighted by Crippen LogP contribution is -2.17. The summed E-state index contributed by atoms with van der Waals surface area (Å²) in [6.07, 6.45) is 3.55. The Hall–Kier alpha value is -1.05. The zero-order valence-electron chi connectivity index (χ0n) is 9.38. The summed E-state index contributed by atoms with van der Waals surface area (Å²) >= 11 is 0. The van der Waals surface area contributed by atoms with Crippen LogP contribution in [0.5, 0.6) is 0 Å². The van der Waals surface area contributed by atoms with Crippen LogP contribution in [0, 0.1) is 5.92 Å². The molecule has 0 aromatic heterocycles. The van der Waals surface area contributed by atoms with Gasteiger partial charge >= 0.3 is 5.97 Å². The quantitative estimate of drug-likeness (QED) is 0.482. The number of rotatable bonds is 6. The monoisotopic (exact) mass is 196 g/mol. The summed E-state index contributed by atoms with van der Waals surface area (Å²) in [6, 6.07) is 0. The molecule has 0 fully saturated rings. The minimum absolute atomic E-state index is 0.144. The lowest BCUT2D eigenvalue weighted by atomic mass is 10.0. The van der Waals surface area contributed by atoms with Gasteiger partial charge in [-0.1, -0.05) is 19.6 Å². The third-order valence-corrected chi connectivity index (χ3v) is 2.14. The van der Waals surface area contributed by atoms with E-state index in [1.807, 2.05) is 13.0 Å². The topological polar surface area (TPSA) is 26.3 Å². The molecule has 0 spiro atoms. The van der Waals surface area contributed by atoms with Crippen molar-refractivity contribution in [2.24, 2.45) is 5.92 Å². The number of hydrogen-bond donors (Lipinski definition) is 0. The molecule has 0 aliphatic heterocycles. The van der Waals surface area contributed by atoms with Crippen LogP contribution in [0.2, 0.25) is 0 Å². The molecular formula is C12H20O2. The van der Waals surface area contributed by atoms with Gasteiger partial charge < -0.3 is 4.74 Å². The van der Waals surface area contributed by atoms with Crippen molar-refractivity contribution in [3.63, 3.8) is 0 Å². The Kier molecular flexibility index (Phi) is 5.93. The summed E-state index contributed by atoms with van der Waals surface area (Å²) in [4.78, 5) is 10.8. The van der Waals surface area contributed by atoms with Crippen LogP contribution in [0.4, 0.5) is 0 Å². The zero-order valence-corrected chi connectivity index (χ0v) is 9.38. The Balaban J connectivity index is 4.03. The molecule has 0 aromatic carbocycles. The molecule has 0 heterocycles. The van der Waals surface area contributed by atoms with E-state index in [9.17, 15) is 4.79 Å². The van der Waals surface area contributed by atoms with Gasteiger partial charge in [-0.15, -0.1) is 6.58 Å². The molecular weight excluding hydrogens is 176 g/mol. The van der Waals surface area contributed by atoms with Gasteiger partial charge in [-0.05, 0) is 31.3 Å². The number of carbonyl (C=O) groups excluding carboxylic acids is 1. The van der Waals surface area contributed by atoms with Gasteiger partial charge in [-0.3, -0.25) is 4.79 Å². The number of esters is 1. The summed E-state index contributed by atoms with van der Waals surface area (Å²) < 4.78 is 5.13. The van der Waals surface area contributed by atoms with Gasteiger partial charge in [-0.25, -0.2) is 0 Å². The minimum Gasteiger partial charge on any atom is -0.458 e. The van der Waals surface area contributed by atoms with Gasteiger partial charge in [0.25, 0.3) is 0 Å². The molecule has 0 saturated carbocycles. The lowest BCUT2D eigenvalue weighted by Gasteiger charge is -2.18. The maximum Gasteiger partial charge on any atom is 0.303 e. The van der Waals surface area contributed by atoms with Crippen LogP contribution in [0.3, 0.4) is 0 Å². The molecule has 80 valence electrons. The van der Waals surface area contributed by atoms with Crippen LogP contribution in [0.15, 0.2) is 24.8 Å². The van der Waals surface area contributed by atoms with Gasteiger partial charge in [0, 0.05) is 6.92 Å². The zero-order chi connectivity index (χ0) is 11.1. The summed E-state index contributed by atoms with van der Waals surface area (Å²) in [5, 5.41) is 0. The fourth-order valence-corrected chi connectivity index (χ4v) is 1.14. The van der Waals surface area contributed by atoms with Crippen molar-refractivity contribution in [1.29, 1.82) is 0 Å². The first-order valence-corrected chi connectivity index (χ1v) is 4.92. The molecule has 0 bridgehead atoms. The highest BCUT2D eigenvalue weighted by molar-refractivity contribution is 5.66. The molecule has 0 unspecified atom stereocenters. The van der Waals surface area contributed by atoms with Crippen LogP contribution in [-0.4, -0.2) is 12.1 Å². The molecule has 0 radical (unpaired) electrons. The number of allylic oxidation sites excluding steroid dienone is 1. The van der Waals surface area contributed by atoms with Crippen molar-refractivity contribution in [1.82, 2.24) is 0 Å². The molecule has 14 heavy (non-hydrogen) atoms. The van der Waals surface area contributed by atoms with Gasteiger partial charge in [0.2, 0.25) is 0 Å². The molecule has 0 saturated heterocycles. The third-order valence-electron chi connectivity index (χ3n) is 2.14. The summed E-state index contributed by atoms with van der Waals surface area (Å²) in [7, 11) is 0. The summed E-state index contributed by atoms with van der Waals surface area (Å²) in [6.45, 7) is 12.9. The maximum atomic E-state index is 10.8. The average Bonchev–Trinajstić information content (AvgIpc) is 2.10. The molecule has 2 nitrogen and oxygen atoms in total. The van der Waals surface area contributed by atoms with Gasteiger partial charge in [-0.2, -0.15) is 0 Å². The van der Waals surface area contributed by atoms with E-state index in [4.69, 9.17) is 4.74 Å². The number of ether oxygens (including phenoxy) is 1. The number of hydrogen-bond acceptors (Lipinski definition) is 2. The van der Waals surface area contributed by atoms with Crippen molar-refractivity contribution in [3.8, 4) is 0 Å². The highest BCUT2D eigenvalue weighted by Crippen LogP contribution is 2.15. The van der Waals surface area contributed by atoms with E-state index in [2.05, 4.69) is 20.1 Å². The SMILES string of the molecule is C=C[C@@H](C)CC[C@H](OC(C)=O)C(=C)C. The van der Waals surface area contributed by atoms with Crippen LogP contribution >= 0.6 is 0 Å². The van der Waals surface area contributed by atoms with E-state index >= 15 is 0 Å². The van der Waals surface area contributed by atoms with E-state index in [1.54, 1.807) is 0 Å². The Labute approximate surface area is 86.6 Å². The van der Waals surface area contributed by atoms with Crippen LogP contribution in [-0.2, 0) is 9.53 Å². The standard InChI is InChI=1S/C12H20O2/c1-6-10(4)7-8-12(9(2)3)14-11(5)13/h6,10,12H,1-2,7-8H2,3-5H3/t10-,12+/m1/s1. The maximum absolute atomic E-state index is 10.8. The molecule has 0 amide bonds. The van der Waals surface area contributed by atoms with Crippen LogP contribution < -0.4 is 0 Å². The molecule has 2 heteroatoms. The smallest absolute Gasteiger partial charge is 0.303 e. The molecule has 2 atom stereocenters. The fraction of sp³-hybridized carbons (Fsp3) is 0.583. The highest BCUT2D eigenvalue weighted by atomic mass is 16.5. The minimum atomic E-state index is -0.246. The Morgan fingerprint density at radius 1 is 1.43 bits per heavy atom. The van der Waals surface area contributed by atoms with Crippen molar-refractivity contribution in [2.45, 2.75) is 39.7 Å². The predicted octanol–water partition coefficient (Wildman–Crippen LogP) is 3.10.